The minimum Gasteiger partial charge on any atom is -0.343 e. The van der Waals surface area contributed by atoms with E-state index in [0.29, 0.717) is 41.5 Å². The number of nitrogens with one attached hydrogen (secondary N) is 2. The first kappa shape index (κ1) is 23.9. The van der Waals surface area contributed by atoms with E-state index in [0.717, 1.165) is 5.56 Å². The number of carbonyl (C=O) groups is 2. The Morgan fingerprint density at radius 3 is 2.32 bits per heavy atom. The number of piperidine rings is 1. The third kappa shape index (κ3) is 4.83. The molecule has 1 aliphatic rings. The highest BCUT2D eigenvalue weighted by molar-refractivity contribution is 7.89. The van der Waals surface area contributed by atoms with Crippen LogP contribution in [0.25, 0.3) is 10.8 Å². The molecule has 1 heterocycles. The Morgan fingerprint density at radius 1 is 0.971 bits per heavy atom. The first-order valence-electron chi connectivity index (χ1n) is 11.3. The van der Waals surface area contributed by atoms with Crippen LogP contribution in [0.3, 0.4) is 0 Å². The minimum absolute atomic E-state index is 0.00230. The number of benzene rings is 3. The van der Waals surface area contributed by atoms with E-state index < -0.39 is 10.0 Å². The maximum Gasteiger partial charge on any atom is 0.255 e. The van der Waals surface area contributed by atoms with Crippen LogP contribution in [0.15, 0.2) is 65.6 Å². The van der Waals surface area contributed by atoms with Gasteiger partial charge in [0.25, 0.3) is 5.91 Å². The number of fused-ring (bicyclic) bond motifs is 1. The smallest absolute Gasteiger partial charge is 0.255 e. The predicted octanol–water partition coefficient (Wildman–Crippen LogP) is 3.94. The number of amides is 2. The van der Waals surface area contributed by atoms with Crippen LogP contribution in [-0.2, 0) is 14.8 Å². The van der Waals surface area contributed by atoms with Gasteiger partial charge in [0.15, 0.2) is 0 Å². The zero-order chi connectivity index (χ0) is 24.5. The molecule has 2 atom stereocenters. The van der Waals surface area contributed by atoms with Gasteiger partial charge in [0, 0.05) is 48.1 Å². The van der Waals surface area contributed by atoms with Crippen LogP contribution in [0.5, 0.6) is 0 Å². The van der Waals surface area contributed by atoms with Crippen molar-refractivity contribution in [3.05, 3.63) is 71.8 Å². The van der Waals surface area contributed by atoms with E-state index in [2.05, 4.69) is 10.0 Å². The van der Waals surface area contributed by atoms with Gasteiger partial charge in [-0.3, -0.25) is 9.59 Å². The van der Waals surface area contributed by atoms with Crippen LogP contribution in [0.4, 0.5) is 5.69 Å². The molecule has 0 aliphatic carbocycles. The molecule has 2 N–H and O–H groups in total. The maximum absolute atomic E-state index is 13.4. The summed E-state index contributed by atoms with van der Waals surface area (Å²) in [7, 11) is -3.83. The monoisotopic (exact) mass is 479 g/mol. The average molecular weight is 480 g/mol. The first-order valence-corrected chi connectivity index (χ1v) is 12.8. The normalized spacial score (nSPS) is 18.6. The van der Waals surface area contributed by atoms with Gasteiger partial charge < -0.3 is 10.2 Å². The summed E-state index contributed by atoms with van der Waals surface area (Å²) in [6.45, 7) is 6.40. The number of anilines is 1. The average Bonchev–Trinajstić information content (AvgIpc) is 2.80. The van der Waals surface area contributed by atoms with Crippen LogP contribution in [0.2, 0.25) is 0 Å². The Morgan fingerprint density at radius 2 is 1.65 bits per heavy atom. The summed E-state index contributed by atoms with van der Waals surface area (Å²) in [6.07, 6.45) is 0.558. The molecule has 1 aliphatic heterocycles. The van der Waals surface area contributed by atoms with E-state index >= 15 is 0 Å². The summed E-state index contributed by atoms with van der Waals surface area (Å²) in [6, 6.07) is 17.4. The summed E-state index contributed by atoms with van der Waals surface area (Å²) in [5.41, 5.74) is 1.97. The second-order valence-corrected chi connectivity index (χ2v) is 10.6. The van der Waals surface area contributed by atoms with Crippen molar-refractivity contribution in [2.24, 2.45) is 5.92 Å². The summed E-state index contributed by atoms with van der Waals surface area (Å²) in [4.78, 5) is 26.5. The van der Waals surface area contributed by atoms with Gasteiger partial charge in [0.1, 0.15) is 0 Å². The molecule has 0 spiro atoms. The molecule has 1 fully saturated rings. The molecule has 0 aromatic heterocycles. The number of hydrogen-bond donors (Lipinski definition) is 2. The van der Waals surface area contributed by atoms with Crippen molar-refractivity contribution in [2.45, 2.75) is 38.1 Å². The molecular weight excluding hydrogens is 450 g/mol. The Balaban J connectivity index is 1.62. The van der Waals surface area contributed by atoms with Crippen molar-refractivity contribution in [1.29, 1.82) is 0 Å². The number of sulfonamides is 1. The van der Waals surface area contributed by atoms with Gasteiger partial charge in [0.05, 0.1) is 4.90 Å². The van der Waals surface area contributed by atoms with E-state index in [4.69, 9.17) is 0 Å². The lowest BCUT2D eigenvalue weighted by Crippen LogP contribution is -2.51. The molecule has 4 rings (SSSR count). The van der Waals surface area contributed by atoms with Gasteiger partial charge in [-0.15, -0.1) is 0 Å². The van der Waals surface area contributed by atoms with E-state index in [1.165, 1.54) is 13.0 Å². The Kier molecular flexibility index (Phi) is 6.72. The highest BCUT2D eigenvalue weighted by Crippen LogP contribution is 2.31. The van der Waals surface area contributed by atoms with Gasteiger partial charge >= 0.3 is 0 Å². The van der Waals surface area contributed by atoms with Crippen LogP contribution >= 0.6 is 0 Å². The number of rotatable bonds is 5. The second kappa shape index (κ2) is 9.56. The first-order chi connectivity index (χ1) is 16.2. The van der Waals surface area contributed by atoms with Crippen molar-refractivity contribution in [3.63, 3.8) is 0 Å². The molecule has 3 aromatic carbocycles. The van der Waals surface area contributed by atoms with E-state index in [9.17, 15) is 18.0 Å². The van der Waals surface area contributed by atoms with Crippen molar-refractivity contribution >= 4 is 38.3 Å². The highest BCUT2D eigenvalue weighted by Gasteiger charge is 2.31. The Hall–Kier alpha value is -3.23. The van der Waals surface area contributed by atoms with Crippen molar-refractivity contribution in [1.82, 2.24) is 9.62 Å². The molecule has 1 saturated heterocycles. The van der Waals surface area contributed by atoms with Crippen LogP contribution in [0, 0.1) is 12.8 Å². The molecule has 7 nitrogen and oxygen atoms in total. The molecule has 34 heavy (non-hydrogen) atoms. The lowest BCUT2D eigenvalue weighted by Gasteiger charge is -2.36. The number of carbonyl (C=O) groups excluding carboxylic acids is 2. The summed E-state index contributed by atoms with van der Waals surface area (Å²) in [5.74, 6) is -0.253. The number of nitrogens with zero attached hydrogens (tertiary/aromatic N) is 1. The number of hydrogen-bond acceptors (Lipinski definition) is 4. The van der Waals surface area contributed by atoms with Gasteiger partial charge in [0.2, 0.25) is 15.9 Å². The minimum atomic E-state index is -3.83. The molecule has 2 amide bonds. The lowest BCUT2D eigenvalue weighted by atomic mass is 9.95. The number of aryl methyl sites for hydroxylation is 1. The third-order valence-corrected chi connectivity index (χ3v) is 8.02. The molecule has 0 unspecified atom stereocenters. The highest BCUT2D eigenvalue weighted by atomic mass is 32.2. The zero-order valence-corrected chi connectivity index (χ0v) is 20.4. The topological polar surface area (TPSA) is 95.6 Å². The third-order valence-electron chi connectivity index (χ3n) is 6.47. The lowest BCUT2D eigenvalue weighted by molar-refractivity contribution is -0.130. The maximum atomic E-state index is 13.4. The van der Waals surface area contributed by atoms with Gasteiger partial charge in [-0.1, -0.05) is 49.4 Å². The molecular formula is C26H29N3O4S. The van der Waals surface area contributed by atoms with E-state index in [1.54, 1.807) is 35.2 Å². The summed E-state index contributed by atoms with van der Waals surface area (Å²) in [5, 5.41) is 4.11. The second-order valence-electron chi connectivity index (χ2n) is 8.88. The van der Waals surface area contributed by atoms with Gasteiger partial charge in [-0.25, -0.2) is 13.1 Å². The van der Waals surface area contributed by atoms with Crippen molar-refractivity contribution in [2.75, 3.05) is 18.4 Å². The van der Waals surface area contributed by atoms with Crippen LogP contribution < -0.4 is 10.0 Å². The molecule has 0 radical (unpaired) electrons. The molecule has 178 valence electrons. The van der Waals surface area contributed by atoms with Crippen LogP contribution in [0.1, 0.15) is 36.2 Å². The van der Waals surface area contributed by atoms with E-state index in [1.807, 2.05) is 38.1 Å². The fourth-order valence-corrected chi connectivity index (χ4v) is 6.09. The number of likely N-dealkylation sites (tertiary alicyclic amines) is 1. The summed E-state index contributed by atoms with van der Waals surface area (Å²) >= 11 is 0. The standard InChI is InChI=1S/C26H29N3O4S/c1-17-8-4-5-9-20(17)26(31)27-24-12-13-25(22-11-7-6-10-21(22)24)34(32,33)28-23-14-15-29(19(3)30)16-18(23)2/h4-13,18,23,28H,14-16H2,1-3H3,(H,27,31)/t18-,23-/m1/s1. The Bertz CT molecular complexity index is 1350. The predicted molar refractivity (Wildman–Crippen MR) is 133 cm³/mol. The zero-order valence-electron chi connectivity index (χ0n) is 19.5. The summed E-state index contributed by atoms with van der Waals surface area (Å²) < 4.78 is 29.6. The molecule has 0 bridgehead atoms. The molecule has 0 saturated carbocycles. The van der Waals surface area contributed by atoms with Gasteiger partial charge in [-0.05, 0) is 43.0 Å². The van der Waals surface area contributed by atoms with Crippen LogP contribution in [-0.4, -0.2) is 44.3 Å². The molecule has 3 aromatic rings. The van der Waals surface area contributed by atoms with Gasteiger partial charge in [-0.2, -0.15) is 0 Å². The SMILES string of the molecule is CC(=O)N1CC[C@@H](NS(=O)(=O)c2ccc(NC(=O)c3ccccc3C)c3ccccc23)[C@H](C)C1. The van der Waals surface area contributed by atoms with Crippen molar-refractivity contribution < 1.29 is 18.0 Å². The fraction of sp³-hybridized carbons (Fsp3) is 0.308. The van der Waals surface area contributed by atoms with E-state index in [-0.39, 0.29) is 28.7 Å². The Labute approximate surface area is 200 Å². The largest absolute Gasteiger partial charge is 0.343 e. The molecule has 8 heteroatoms. The van der Waals surface area contributed by atoms with Crippen molar-refractivity contribution in [3.8, 4) is 0 Å². The fourth-order valence-electron chi connectivity index (χ4n) is 4.50. The quantitative estimate of drug-likeness (QED) is 0.580.